The number of carbonyl (C=O) groups is 1. The van der Waals surface area contributed by atoms with Gasteiger partial charge in [-0.25, -0.2) is 0 Å². The second-order valence-electron chi connectivity index (χ2n) is 7.00. The monoisotopic (exact) mass is 403 g/mol. The molecule has 2 aliphatic rings. The number of carbonyl (C=O) groups excluding carboxylic acids is 1. The second-order valence-corrected chi connectivity index (χ2v) is 7.00. The number of likely N-dealkylation sites (tertiary alicyclic amines) is 1. The second kappa shape index (κ2) is 11.1. The SMILES string of the molecule is CN(C(=O)[C@@H]1CC[C@H](CN)O1)C1CCN(Cc2ccccc2)CC1.Cl.Cl. The molecular formula is C19H31Cl2N3O2. The van der Waals surface area contributed by atoms with Gasteiger partial charge in [-0.05, 0) is 31.2 Å². The molecule has 1 aromatic carbocycles. The van der Waals surface area contributed by atoms with Gasteiger partial charge in [-0.15, -0.1) is 24.8 Å². The zero-order valence-electron chi connectivity index (χ0n) is 15.4. The Balaban J connectivity index is 0.00000169. The highest BCUT2D eigenvalue weighted by Gasteiger charge is 2.34. The van der Waals surface area contributed by atoms with E-state index in [4.69, 9.17) is 10.5 Å². The van der Waals surface area contributed by atoms with Crippen molar-refractivity contribution in [3.05, 3.63) is 35.9 Å². The summed E-state index contributed by atoms with van der Waals surface area (Å²) in [6.07, 6.45) is 3.53. The van der Waals surface area contributed by atoms with E-state index in [0.717, 1.165) is 45.3 Å². The van der Waals surface area contributed by atoms with Crippen molar-refractivity contribution in [2.24, 2.45) is 5.73 Å². The zero-order chi connectivity index (χ0) is 16.9. The highest BCUT2D eigenvalue weighted by molar-refractivity contribution is 5.85. The Morgan fingerprint density at radius 1 is 1.15 bits per heavy atom. The molecule has 0 radical (unpaired) electrons. The standard InChI is InChI=1S/C19H29N3O2.2ClH/c1-21(19(23)18-8-7-17(13-20)24-18)16-9-11-22(12-10-16)14-15-5-3-2-4-6-15;;/h2-6,16-18H,7-14,20H2,1H3;2*1H/t17-,18+;;/m1../s1. The van der Waals surface area contributed by atoms with Crippen LogP contribution in [0.4, 0.5) is 0 Å². The van der Waals surface area contributed by atoms with Gasteiger partial charge in [-0.1, -0.05) is 30.3 Å². The van der Waals surface area contributed by atoms with Crippen LogP contribution in [0.3, 0.4) is 0 Å². The number of piperidine rings is 1. The summed E-state index contributed by atoms with van der Waals surface area (Å²) >= 11 is 0. The maximum absolute atomic E-state index is 12.6. The van der Waals surface area contributed by atoms with Crippen molar-refractivity contribution in [1.29, 1.82) is 0 Å². The lowest BCUT2D eigenvalue weighted by Gasteiger charge is -2.37. The summed E-state index contributed by atoms with van der Waals surface area (Å²) in [6.45, 7) is 3.57. The number of ether oxygens (including phenoxy) is 1. The molecule has 3 rings (SSSR count). The Labute approximate surface area is 169 Å². The number of benzene rings is 1. The van der Waals surface area contributed by atoms with Crippen LogP contribution >= 0.6 is 24.8 Å². The fourth-order valence-corrected chi connectivity index (χ4v) is 3.77. The molecule has 148 valence electrons. The maximum atomic E-state index is 12.6. The van der Waals surface area contributed by atoms with Crippen LogP contribution in [0.2, 0.25) is 0 Å². The highest BCUT2D eigenvalue weighted by Crippen LogP contribution is 2.23. The molecule has 2 aliphatic heterocycles. The summed E-state index contributed by atoms with van der Waals surface area (Å²) in [5.74, 6) is 0.132. The van der Waals surface area contributed by atoms with Gasteiger partial charge in [0.1, 0.15) is 6.10 Å². The number of nitrogens with two attached hydrogens (primary N) is 1. The number of nitrogens with zero attached hydrogens (tertiary/aromatic N) is 2. The Kier molecular flexibility index (Phi) is 9.90. The minimum Gasteiger partial charge on any atom is -0.364 e. The third-order valence-corrected chi connectivity index (χ3v) is 5.35. The molecular weight excluding hydrogens is 373 g/mol. The zero-order valence-corrected chi connectivity index (χ0v) is 17.0. The van der Waals surface area contributed by atoms with Gasteiger partial charge in [0.15, 0.2) is 0 Å². The van der Waals surface area contributed by atoms with Crippen LogP contribution in [0.1, 0.15) is 31.2 Å². The largest absolute Gasteiger partial charge is 0.364 e. The Morgan fingerprint density at radius 2 is 1.81 bits per heavy atom. The third-order valence-electron chi connectivity index (χ3n) is 5.35. The Bertz CT molecular complexity index is 539. The first-order valence-electron chi connectivity index (χ1n) is 9.06. The fraction of sp³-hybridized carbons (Fsp3) is 0.632. The summed E-state index contributed by atoms with van der Waals surface area (Å²) < 4.78 is 5.76. The van der Waals surface area contributed by atoms with Crippen molar-refractivity contribution in [2.45, 2.75) is 50.5 Å². The molecule has 0 spiro atoms. The number of hydrogen-bond donors (Lipinski definition) is 1. The molecule has 1 aromatic rings. The van der Waals surface area contributed by atoms with Crippen molar-refractivity contribution < 1.29 is 9.53 Å². The first-order valence-corrected chi connectivity index (χ1v) is 9.06. The van der Waals surface area contributed by atoms with Crippen LogP contribution in [-0.4, -0.2) is 60.6 Å². The molecule has 0 aromatic heterocycles. The maximum Gasteiger partial charge on any atom is 0.251 e. The smallest absolute Gasteiger partial charge is 0.251 e. The minimum absolute atomic E-state index is 0. The fourth-order valence-electron chi connectivity index (χ4n) is 3.77. The van der Waals surface area contributed by atoms with Crippen molar-refractivity contribution >= 4 is 30.7 Å². The molecule has 2 saturated heterocycles. The topological polar surface area (TPSA) is 58.8 Å². The lowest BCUT2D eigenvalue weighted by molar-refractivity contribution is -0.144. The van der Waals surface area contributed by atoms with Crippen LogP contribution in [-0.2, 0) is 16.1 Å². The molecule has 0 bridgehead atoms. The Hall–Kier alpha value is -0.850. The molecule has 0 saturated carbocycles. The first kappa shape index (κ1) is 23.2. The molecule has 0 aliphatic carbocycles. The van der Waals surface area contributed by atoms with E-state index in [-0.39, 0.29) is 42.9 Å². The third kappa shape index (κ3) is 5.83. The predicted molar refractivity (Wildman–Crippen MR) is 109 cm³/mol. The van der Waals surface area contributed by atoms with Crippen molar-refractivity contribution in [3.63, 3.8) is 0 Å². The molecule has 7 heteroatoms. The van der Waals surface area contributed by atoms with Gasteiger partial charge >= 0.3 is 0 Å². The van der Waals surface area contributed by atoms with Crippen LogP contribution in [0.25, 0.3) is 0 Å². The summed E-state index contributed by atoms with van der Waals surface area (Å²) in [5.41, 5.74) is 6.99. The van der Waals surface area contributed by atoms with Gasteiger partial charge in [0.2, 0.25) is 0 Å². The first-order chi connectivity index (χ1) is 11.7. The lowest BCUT2D eigenvalue weighted by Crippen LogP contribution is -2.48. The molecule has 0 unspecified atom stereocenters. The van der Waals surface area contributed by atoms with Crippen molar-refractivity contribution in [3.8, 4) is 0 Å². The van der Waals surface area contributed by atoms with Gasteiger partial charge in [-0.3, -0.25) is 9.69 Å². The number of halogens is 2. The van der Waals surface area contributed by atoms with Gasteiger partial charge < -0.3 is 15.4 Å². The average Bonchev–Trinajstić information content (AvgIpc) is 3.11. The molecule has 2 N–H and O–H groups in total. The van der Waals surface area contributed by atoms with E-state index >= 15 is 0 Å². The Morgan fingerprint density at radius 3 is 2.38 bits per heavy atom. The molecule has 26 heavy (non-hydrogen) atoms. The lowest BCUT2D eigenvalue weighted by atomic mass is 10.0. The van der Waals surface area contributed by atoms with E-state index in [0.29, 0.717) is 12.6 Å². The van der Waals surface area contributed by atoms with Gasteiger partial charge in [0, 0.05) is 39.3 Å². The number of amides is 1. The number of rotatable bonds is 5. The van der Waals surface area contributed by atoms with E-state index in [1.165, 1.54) is 5.56 Å². The quantitative estimate of drug-likeness (QED) is 0.819. The van der Waals surface area contributed by atoms with Crippen LogP contribution in [0, 0.1) is 0 Å². The normalized spacial score (nSPS) is 23.8. The van der Waals surface area contributed by atoms with Crippen LogP contribution in [0.15, 0.2) is 30.3 Å². The summed E-state index contributed by atoms with van der Waals surface area (Å²) in [5, 5.41) is 0. The van der Waals surface area contributed by atoms with E-state index in [1.807, 2.05) is 11.9 Å². The van der Waals surface area contributed by atoms with Gasteiger partial charge in [-0.2, -0.15) is 0 Å². The molecule has 2 atom stereocenters. The number of likely N-dealkylation sites (N-methyl/N-ethyl adjacent to an activating group) is 1. The predicted octanol–water partition coefficient (Wildman–Crippen LogP) is 2.46. The summed E-state index contributed by atoms with van der Waals surface area (Å²) in [6, 6.07) is 10.9. The average molecular weight is 404 g/mol. The van der Waals surface area contributed by atoms with Crippen molar-refractivity contribution in [2.75, 3.05) is 26.7 Å². The number of hydrogen-bond acceptors (Lipinski definition) is 4. The molecule has 5 nitrogen and oxygen atoms in total. The summed E-state index contributed by atoms with van der Waals surface area (Å²) in [4.78, 5) is 17.0. The summed E-state index contributed by atoms with van der Waals surface area (Å²) in [7, 11) is 1.93. The van der Waals surface area contributed by atoms with Crippen LogP contribution < -0.4 is 5.73 Å². The van der Waals surface area contributed by atoms with E-state index in [1.54, 1.807) is 0 Å². The molecule has 1 amide bonds. The van der Waals surface area contributed by atoms with Crippen molar-refractivity contribution in [1.82, 2.24) is 9.80 Å². The minimum atomic E-state index is -0.286. The highest BCUT2D eigenvalue weighted by atomic mass is 35.5. The van der Waals surface area contributed by atoms with Gasteiger partial charge in [0.25, 0.3) is 5.91 Å². The van der Waals surface area contributed by atoms with E-state index in [9.17, 15) is 4.79 Å². The van der Waals surface area contributed by atoms with E-state index in [2.05, 4.69) is 35.2 Å². The molecule has 2 fully saturated rings. The van der Waals surface area contributed by atoms with E-state index < -0.39 is 0 Å². The van der Waals surface area contributed by atoms with Gasteiger partial charge in [0.05, 0.1) is 6.10 Å². The van der Waals surface area contributed by atoms with Crippen LogP contribution in [0.5, 0.6) is 0 Å². The molecule has 2 heterocycles.